The van der Waals surface area contributed by atoms with Crippen LogP contribution < -0.4 is 10.1 Å². The first-order valence-electron chi connectivity index (χ1n) is 8.91. The smallest absolute Gasteiger partial charge is 0.255 e. The third-order valence-electron chi connectivity index (χ3n) is 4.53. The van der Waals surface area contributed by atoms with Gasteiger partial charge in [0.05, 0.1) is 28.7 Å². The lowest BCUT2D eigenvalue weighted by Gasteiger charge is -2.08. The molecule has 0 unspecified atom stereocenters. The van der Waals surface area contributed by atoms with Gasteiger partial charge in [-0.2, -0.15) is 0 Å². The maximum atomic E-state index is 12.5. The number of carbonyl (C=O) groups excluding carboxylic acids is 1. The molecule has 0 fully saturated rings. The van der Waals surface area contributed by atoms with Gasteiger partial charge in [0.2, 0.25) is 0 Å². The number of fused-ring (bicyclic) bond motifs is 1. The average Bonchev–Trinajstić information content (AvgIpc) is 3.04. The second-order valence-corrected chi connectivity index (χ2v) is 6.49. The molecule has 0 saturated heterocycles. The van der Waals surface area contributed by atoms with Crippen LogP contribution in [0.5, 0.6) is 5.75 Å². The van der Waals surface area contributed by atoms with Crippen LogP contribution in [0.3, 0.4) is 0 Å². The van der Waals surface area contributed by atoms with Crippen molar-refractivity contribution >= 4 is 22.5 Å². The van der Waals surface area contributed by atoms with E-state index in [9.17, 15) is 4.79 Å². The summed E-state index contributed by atoms with van der Waals surface area (Å²) < 4.78 is 10.9. The molecule has 6 heteroatoms. The second-order valence-electron chi connectivity index (χ2n) is 6.49. The Bertz CT molecular complexity index is 1110. The van der Waals surface area contributed by atoms with Crippen LogP contribution in [0.25, 0.3) is 10.9 Å². The van der Waals surface area contributed by atoms with E-state index in [1.165, 1.54) is 0 Å². The van der Waals surface area contributed by atoms with Crippen molar-refractivity contribution in [2.75, 3.05) is 5.32 Å². The largest absolute Gasteiger partial charge is 0.489 e. The number of nitrogens with zero attached hydrogens (tertiary/aromatic N) is 2. The Labute approximate surface area is 162 Å². The molecule has 2 heterocycles. The molecule has 0 bridgehead atoms. The molecule has 1 amide bonds. The molecule has 2 aromatic heterocycles. The van der Waals surface area contributed by atoms with E-state index in [1.807, 2.05) is 44.2 Å². The Balaban J connectivity index is 1.42. The summed E-state index contributed by atoms with van der Waals surface area (Å²) in [5.41, 5.74) is 3.84. The minimum atomic E-state index is -0.200. The van der Waals surface area contributed by atoms with E-state index in [0.29, 0.717) is 23.6 Å². The van der Waals surface area contributed by atoms with Crippen molar-refractivity contribution in [2.45, 2.75) is 20.5 Å². The predicted molar refractivity (Wildman–Crippen MR) is 106 cm³/mol. The summed E-state index contributed by atoms with van der Waals surface area (Å²) >= 11 is 0. The molecule has 6 nitrogen and oxygen atoms in total. The molecular formula is C22H19N3O3. The number of aromatic nitrogens is 2. The van der Waals surface area contributed by atoms with Crippen molar-refractivity contribution in [1.29, 1.82) is 0 Å². The van der Waals surface area contributed by atoms with Crippen LogP contribution in [0.15, 0.2) is 65.3 Å². The molecular weight excluding hydrogens is 354 g/mol. The first-order valence-corrected chi connectivity index (χ1v) is 8.91. The number of hydrogen-bond acceptors (Lipinski definition) is 5. The lowest BCUT2D eigenvalue weighted by atomic mass is 10.2. The van der Waals surface area contributed by atoms with E-state index in [4.69, 9.17) is 9.26 Å². The highest BCUT2D eigenvalue weighted by Crippen LogP contribution is 2.20. The van der Waals surface area contributed by atoms with Gasteiger partial charge in [0, 0.05) is 10.9 Å². The third kappa shape index (κ3) is 3.71. The first-order chi connectivity index (χ1) is 13.6. The number of benzene rings is 2. The van der Waals surface area contributed by atoms with Gasteiger partial charge in [-0.25, -0.2) is 0 Å². The molecule has 28 heavy (non-hydrogen) atoms. The van der Waals surface area contributed by atoms with Crippen LogP contribution in [0.2, 0.25) is 0 Å². The molecule has 0 aliphatic rings. The average molecular weight is 373 g/mol. The van der Waals surface area contributed by atoms with Crippen LogP contribution >= 0.6 is 0 Å². The summed E-state index contributed by atoms with van der Waals surface area (Å²) in [4.78, 5) is 16.9. The quantitative estimate of drug-likeness (QED) is 0.550. The highest BCUT2D eigenvalue weighted by Gasteiger charge is 2.11. The summed E-state index contributed by atoms with van der Waals surface area (Å²) in [5, 5.41) is 7.76. The molecule has 1 N–H and O–H groups in total. The molecule has 140 valence electrons. The Hall–Kier alpha value is -3.67. The van der Waals surface area contributed by atoms with Crippen LogP contribution in [0.1, 0.15) is 27.4 Å². The van der Waals surface area contributed by atoms with E-state index in [0.717, 1.165) is 27.9 Å². The fourth-order valence-corrected chi connectivity index (χ4v) is 2.91. The summed E-state index contributed by atoms with van der Waals surface area (Å²) in [6.07, 6.45) is 1.65. The maximum Gasteiger partial charge on any atom is 0.255 e. The van der Waals surface area contributed by atoms with Crippen molar-refractivity contribution in [3.63, 3.8) is 0 Å². The van der Waals surface area contributed by atoms with Gasteiger partial charge < -0.3 is 14.6 Å². The zero-order valence-electron chi connectivity index (χ0n) is 15.6. The highest BCUT2D eigenvalue weighted by molar-refractivity contribution is 6.04. The van der Waals surface area contributed by atoms with Gasteiger partial charge in [0.1, 0.15) is 18.1 Å². The van der Waals surface area contributed by atoms with Crippen molar-refractivity contribution < 1.29 is 14.1 Å². The van der Waals surface area contributed by atoms with Gasteiger partial charge in [-0.15, -0.1) is 0 Å². The molecule has 4 aromatic rings. The van der Waals surface area contributed by atoms with E-state index < -0.39 is 0 Å². The van der Waals surface area contributed by atoms with Crippen LogP contribution in [0, 0.1) is 13.8 Å². The van der Waals surface area contributed by atoms with E-state index in [-0.39, 0.29) is 5.91 Å². The van der Waals surface area contributed by atoms with Crippen LogP contribution in [-0.4, -0.2) is 16.0 Å². The van der Waals surface area contributed by atoms with Crippen LogP contribution in [0.4, 0.5) is 5.69 Å². The van der Waals surface area contributed by atoms with Crippen LogP contribution in [-0.2, 0) is 6.61 Å². The number of nitrogens with one attached hydrogen (secondary N) is 1. The molecule has 0 spiro atoms. The molecule has 0 aliphatic carbocycles. The SMILES string of the molecule is Cc1noc(C)c1COc1ccc(C(=O)Nc2cnc3ccccc3c2)cc1. The van der Waals surface area contributed by atoms with Gasteiger partial charge in [0.15, 0.2) is 0 Å². The highest BCUT2D eigenvalue weighted by atomic mass is 16.5. The van der Waals surface area contributed by atoms with Gasteiger partial charge >= 0.3 is 0 Å². The Morgan fingerprint density at radius 3 is 2.64 bits per heavy atom. The summed E-state index contributed by atoms with van der Waals surface area (Å²) in [6, 6.07) is 16.7. The number of hydrogen-bond donors (Lipinski definition) is 1. The fraction of sp³-hybridized carbons (Fsp3) is 0.136. The number of anilines is 1. The monoisotopic (exact) mass is 373 g/mol. The topological polar surface area (TPSA) is 77.2 Å². The van der Waals surface area contributed by atoms with Gasteiger partial charge in [-0.1, -0.05) is 23.4 Å². The normalized spacial score (nSPS) is 10.8. The Morgan fingerprint density at radius 1 is 1.11 bits per heavy atom. The molecule has 0 aliphatic heterocycles. The summed E-state index contributed by atoms with van der Waals surface area (Å²) in [6.45, 7) is 4.10. The predicted octanol–water partition coefficient (Wildman–Crippen LogP) is 4.67. The fourth-order valence-electron chi connectivity index (χ4n) is 2.91. The van der Waals surface area contributed by atoms with Crippen molar-refractivity contribution in [1.82, 2.24) is 10.1 Å². The van der Waals surface area contributed by atoms with Gasteiger partial charge in [0.25, 0.3) is 5.91 Å². The van der Waals surface area contributed by atoms with Gasteiger partial charge in [-0.05, 0) is 50.2 Å². The molecule has 2 aromatic carbocycles. The van der Waals surface area contributed by atoms with Crippen molar-refractivity contribution in [3.05, 3.63) is 83.4 Å². The lowest BCUT2D eigenvalue weighted by Crippen LogP contribution is -2.12. The number of rotatable bonds is 5. The van der Waals surface area contributed by atoms with Gasteiger partial charge in [-0.3, -0.25) is 9.78 Å². The zero-order valence-corrected chi connectivity index (χ0v) is 15.6. The minimum Gasteiger partial charge on any atom is -0.489 e. The van der Waals surface area contributed by atoms with E-state index in [2.05, 4.69) is 15.5 Å². The first kappa shape index (κ1) is 17.7. The number of carbonyl (C=O) groups is 1. The summed E-state index contributed by atoms with van der Waals surface area (Å²) in [5.74, 6) is 1.22. The molecule has 0 saturated carbocycles. The van der Waals surface area contributed by atoms with E-state index in [1.54, 1.807) is 30.5 Å². The molecule has 0 radical (unpaired) electrons. The number of para-hydroxylation sites is 1. The Morgan fingerprint density at radius 2 is 1.89 bits per heavy atom. The van der Waals surface area contributed by atoms with E-state index >= 15 is 0 Å². The number of pyridine rings is 1. The standard InChI is InChI=1S/C22H19N3O3/c1-14-20(15(2)28-25-14)13-27-19-9-7-16(8-10-19)22(26)24-18-11-17-5-3-4-6-21(17)23-12-18/h3-12H,13H2,1-2H3,(H,24,26). The number of amides is 1. The van der Waals surface area contributed by atoms with Crippen molar-refractivity contribution in [2.24, 2.45) is 0 Å². The molecule has 4 rings (SSSR count). The third-order valence-corrected chi connectivity index (χ3v) is 4.53. The Kier molecular flexibility index (Phi) is 4.76. The molecule has 0 atom stereocenters. The maximum absolute atomic E-state index is 12.5. The van der Waals surface area contributed by atoms with Crippen molar-refractivity contribution in [3.8, 4) is 5.75 Å². The zero-order chi connectivity index (χ0) is 19.5. The number of ether oxygens (including phenoxy) is 1. The second kappa shape index (κ2) is 7.52. The summed E-state index contributed by atoms with van der Waals surface area (Å²) in [7, 11) is 0. The lowest BCUT2D eigenvalue weighted by molar-refractivity contribution is 0.102. The minimum absolute atomic E-state index is 0.200. The number of aryl methyl sites for hydroxylation is 2.